The van der Waals surface area contributed by atoms with Crippen LogP contribution in [0.5, 0.6) is 5.75 Å². The molecule has 2 fully saturated rings. The first kappa shape index (κ1) is 27.7. The summed E-state index contributed by atoms with van der Waals surface area (Å²) in [5.41, 5.74) is 3.59. The SMILES string of the molecule is CC(C)(c1ccc(-c2cnc(N3CCC34CN(S(C)(=O)=O)C4)nc2)cc1)c1cc(Cl)c(OCCCl)c(C#N)c1. The number of alkyl halides is 1. The lowest BCUT2D eigenvalue weighted by Gasteiger charge is -2.61. The molecule has 0 radical (unpaired) electrons. The predicted octanol–water partition coefficient (Wildman–Crippen LogP) is 4.84. The standard InChI is InChI=1S/C28H29Cl2N5O3S/c1-27(2,23-12-20(14-31)25(24(30)13-23)38-11-9-29)22-6-4-19(5-7-22)21-15-32-26(33-16-21)35-10-8-28(35)17-34(18-28)39(3,36)37/h4-7,12-13,15-16H,8-11,17-18H2,1-3H3. The van der Waals surface area contributed by atoms with Crippen LogP contribution in [-0.4, -0.2) is 66.6 Å². The van der Waals surface area contributed by atoms with Gasteiger partial charge >= 0.3 is 0 Å². The third-order valence-electron chi connectivity index (χ3n) is 7.81. The number of nitrogens with zero attached hydrogens (tertiary/aromatic N) is 5. The smallest absolute Gasteiger partial charge is 0.225 e. The van der Waals surface area contributed by atoms with Crippen molar-refractivity contribution >= 4 is 39.2 Å². The molecule has 0 atom stereocenters. The lowest BCUT2D eigenvalue weighted by Crippen LogP contribution is -2.78. The van der Waals surface area contributed by atoms with Gasteiger partial charge in [-0.3, -0.25) is 0 Å². The minimum atomic E-state index is -3.17. The second-order valence-corrected chi connectivity index (χ2v) is 13.4. The summed E-state index contributed by atoms with van der Waals surface area (Å²) in [6, 6.07) is 14.0. The largest absolute Gasteiger partial charge is 0.489 e. The number of nitriles is 1. The van der Waals surface area contributed by atoms with Crippen molar-refractivity contribution in [2.75, 3.05) is 43.3 Å². The van der Waals surface area contributed by atoms with E-state index in [1.807, 2.05) is 24.3 Å². The average Bonchev–Trinajstić information content (AvgIpc) is 2.86. The Balaban J connectivity index is 1.32. The Labute approximate surface area is 239 Å². The van der Waals surface area contributed by atoms with E-state index in [0.29, 0.717) is 41.3 Å². The molecule has 0 unspecified atom stereocenters. The maximum absolute atomic E-state index is 11.8. The number of halogens is 2. The highest BCUT2D eigenvalue weighted by atomic mass is 35.5. The Kier molecular flexibility index (Phi) is 7.27. The lowest BCUT2D eigenvalue weighted by atomic mass is 9.77. The van der Waals surface area contributed by atoms with Crippen LogP contribution < -0.4 is 9.64 Å². The van der Waals surface area contributed by atoms with Gasteiger partial charge in [-0.1, -0.05) is 49.7 Å². The predicted molar refractivity (Wildman–Crippen MR) is 153 cm³/mol. The fourth-order valence-electron chi connectivity index (χ4n) is 5.21. The number of benzene rings is 2. The number of ether oxygens (including phenoxy) is 1. The van der Waals surface area contributed by atoms with Gasteiger partial charge in [-0.15, -0.1) is 11.6 Å². The molecule has 2 aliphatic rings. The molecule has 11 heteroatoms. The minimum Gasteiger partial charge on any atom is -0.489 e. The van der Waals surface area contributed by atoms with Crippen molar-refractivity contribution in [1.82, 2.24) is 14.3 Å². The molecule has 0 aliphatic carbocycles. The summed E-state index contributed by atoms with van der Waals surface area (Å²) in [4.78, 5) is 11.3. The zero-order chi connectivity index (χ0) is 28.0. The van der Waals surface area contributed by atoms with Gasteiger partial charge < -0.3 is 9.64 Å². The van der Waals surface area contributed by atoms with Crippen molar-refractivity contribution < 1.29 is 13.2 Å². The summed E-state index contributed by atoms with van der Waals surface area (Å²) in [7, 11) is -3.17. The van der Waals surface area contributed by atoms with Crippen molar-refractivity contribution in [1.29, 1.82) is 5.26 Å². The van der Waals surface area contributed by atoms with E-state index in [0.717, 1.165) is 35.2 Å². The maximum Gasteiger partial charge on any atom is 0.225 e. The van der Waals surface area contributed by atoms with Gasteiger partial charge in [0.1, 0.15) is 12.7 Å². The fourth-order valence-corrected chi connectivity index (χ4v) is 6.51. The summed E-state index contributed by atoms with van der Waals surface area (Å²) >= 11 is 12.2. The van der Waals surface area contributed by atoms with Crippen molar-refractivity contribution in [3.8, 4) is 22.9 Å². The molecule has 0 bridgehead atoms. The van der Waals surface area contributed by atoms with E-state index in [1.54, 1.807) is 12.4 Å². The van der Waals surface area contributed by atoms with Gasteiger partial charge in [0.25, 0.3) is 0 Å². The van der Waals surface area contributed by atoms with Gasteiger partial charge in [0.15, 0.2) is 5.75 Å². The molecule has 0 N–H and O–H groups in total. The molecule has 1 aromatic heterocycles. The number of hydrogen-bond acceptors (Lipinski definition) is 7. The van der Waals surface area contributed by atoms with Crippen LogP contribution in [0.25, 0.3) is 11.1 Å². The summed E-state index contributed by atoms with van der Waals surface area (Å²) in [6.45, 7) is 6.22. The Hall–Kier alpha value is -2.90. The van der Waals surface area contributed by atoms with Gasteiger partial charge in [-0.25, -0.2) is 18.4 Å². The van der Waals surface area contributed by atoms with Crippen LogP contribution in [0.4, 0.5) is 5.95 Å². The van der Waals surface area contributed by atoms with E-state index in [1.165, 1.54) is 10.6 Å². The van der Waals surface area contributed by atoms with Gasteiger partial charge in [0.05, 0.1) is 28.3 Å². The van der Waals surface area contributed by atoms with Crippen LogP contribution in [0, 0.1) is 11.3 Å². The molecule has 5 rings (SSSR count). The Morgan fingerprint density at radius 2 is 1.77 bits per heavy atom. The molecule has 8 nitrogen and oxygen atoms in total. The van der Waals surface area contributed by atoms with Crippen LogP contribution in [0.1, 0.15) is 37.0 Å². The van der Waals surface area contributed by atoms with Gasteiger partial charge in [-0.05, 0) is 35.2 Å². The first-order valence-electron chi connectivity index (χ1n) is 12.6. The maximum atomic E-state index is 11.8. The molecule has 204 valence electrons. The van der Waals surface area contributed by atoms with Gasteiger partial charge in [0, 0.05) is 43.0 Å². The van der Waals surface area contributed by atoms with E-state index in [4.69, 9.17) is 27.9 Å². The molecule has 2 aliphatic heterocycles. The average molecular weight is 587 g/mol. The highest BCUT2D eigenvalue weighted by molar-refractivity contribution is 7.88. The summed E-state index contributed by atoms with van der Waals surface area (Å²) in [5.74, 6) is 1.28. The first-order valence-corrected chi connectivity index (χ1v) is 15.3. The fraction of sp³-hybridized carbons (Fsp3) is 0.393. The molecular formula is C28H29Cl2N5O3S. The van der Waals surface area contributed by atoms with Crippen molar-refractivity contribution in [3.63, 3.8) is 0 Å². The Morgan fingerprint density at radius 3 is 2.31 bits per heavy atom. The summed E-state index contributed by atoms with van der Waals surface area (Å²) in [6.07, 6.45) is 5.79. The normalized spacial score (nSPS) is 16.9. The van der Waals surface area contributed by atoms with Crippen molar-refractivity contribution in [2.45, 2.75) is 31.2 Å². The molecule has 39 heavy (non-hydrogen) atoms. The third kappa shape index (κ3) is 5.07. The molecule has 3 aromatic rings. The zero-order valence-corrected chi connectivity index (χ0v) is 24.3. The van der Waals surface area contributed by atoms with Crippen LogP contribution >= 0.6 is 23.2 Å². The summed E-state index contributed by atoms with van der Waals surface area (Å²) < 4.78 is 30.7. The van der Waals surface area contributed by atoms with E-state index in [-0.39, 0.29) is 12.1 Å². The lowest BCUT2D eigenvalue weighted by molar-refractivity contribution is 0.0908. The number of sulfonamides is 1. The number of aromatic nitrogens is 2. The second kappa shape index (κ2) is 10.3. The van der Waals surface area contributed by atoms with E-state index >= 15 is 0 Å². The topological polar surface area (TPSA) is 99.4 Å². The van der Waals surface area contributed by atoms with Crippen LogP contribution in [-0.2, 0) is 15.4 Å². The number of hydrogen-bond donors (Lipinski definition) is 0. The quantitative estimate of drug-likeness (QED) is 0.349. The molecule has 3 heterocycles. The van der Waals surface area contributed by atoms with Gasteiger partial charge in [-0.2, -0.15) is 9.57 Å². The molecule has 0 amide bonds. The first-order chi connectivity index (χ1) is 18.5. The van der Waals surface area contributed by atoms with Crippen LogP contribution in [0.2, 0.25) is 5.02 Å². The number of anilines is 1. The molecule has 1 spiro atoms. The molecule has 2 aromatic carbocycles. The Bertz CT molecular complexity index is 1530. The molecule has 0 saturated carbocycles. The van der Waals surface area contributed by atoms with E-state index < -0.39 is 15.4 Å². The molecule has 2 saturated heterocycles. The highest BCUT2D eigenvalue weighted by Crippen LogP contribution is 2.42. The van der Waals surface area contributed by atoms with Crippen molar-refractivity contribution in [3.05, 3.63) is 70.5 Å². The zero-order valence-electron chi connectivity index (χ0n) is 22.0. The second-order valence-electron chi connectivity index (χ2n) is 10.6. The summed E-state index contributed by atoms with van der Waals surface area (Å²) in [5, 5.41) is 10.0. The monoisotopic (exact) mass is 585 g/mol. The number of rotatable bonds is 8. The molecular weight excluding hydrogens is 557 g/mol. The van der Waals surface area contributed by atoms with E-state index in [2.05, 4.69) is 46.9 Å². The Morgan fingerprint density at radius 1 is 1.10 bits per heavy atom. The van der Waals surface area contributed by atoms with Crippen molar-refractivity contribution in [2.24, 2.45) is 0 Å². The minimum absolute atomic E-state index is 0.180. The van der Waals surface area contributed by atoms with Gasteiger partial charge in [0.2, 0.25) is 16.0 Å². The highest BCUT2D eigenvalue weighted by Gasteiger charge is 2.56. The van der Waals surface area contributed by atoms with Crippen LogP contribution in [0.3, 0.4) is 0 Å². The third-order valence-corrected chi connectivity index (χ3v) is 9.44. The van der Waals surface area contributed by atoms with E-state index in [9.17, 15) is 13.7 Å². The van der Waals surface area contributed by atoms with Crippen LogP contribution in [0.15, 0.2) is 48.8 Å².